The van der Waals surface area contributed by atoms with E-state index >= 15 is 0 Å². The van der Waals surface area contributed by atoms with Crippen molar-refractivity contribution in [2.45, 2.75) is 24.4 Å². The number of amides is 1. The maximum absolute atomic E-state index is 13.0. The smallest absolute Gasteiger partial charge is 0.257 e. The first kappa shape index (κ1) is 14.6. The zero-order valence-corrected chi connectivity index (χ0v) is 13.6. The summed E-state index contributed by atoms with van der Waals surface area (Å²) in [6, 6.07) is 14.6. The number of benzene rings is 2. The van der Waals surface area contributed by atoms with Crippen LogP contribution in [0.5, 0.6) is 0 Å². The molecule has 1 fully saturated rings. The first-order valence-corrected chi connectivity index (χ1v) is 8.12. The number of hydrogen-bond donors (Lipinski definition) is 0. The van der Waals surface area contributed by atoms with Crippen LogP contribution in [-0.4, -0.2) is 10.8 Å². The van der Waals surface area contributed by atoms with Gasteiger partial charge in [-0.2, -0.15) is 5.26 Å². The molecule has 4 rings (SSSR count). The highest BCUT2D eigenvalue weighted by Gasteiger charge is 2.58. The van der Waals surface area contributed by atoms with Gasteiger partial charge in [0.25, 0.3) is 5.91 Å². The Labute approximate surface area is 144 Å². The van der Waals surface area contributed by atoms with E-state index in [0.717, 1.165) is 18.4 Å². The van der Waals surface area contributed by atoms with Crippen molar-refractivity contribution in [3.8, 4) is 6.07 Å². The fraction of sp³-hybridized carbons (Fsp3) is 0.222. The second-order valence-electron chi connectivity index (χ2n) is 5.92. The quantitative estimate of drug-likeness (QED) is 0.793. The highest BCUT2D eigenvalue weighted by molar-refractivity contribution is 6.37. The molecule has 1 amide bonds. The van der Waals surface area contributed by atoms with Crippen LogP contribution >= 0.6 is 23.2 Å². The molecule has 5 heteroatoms. The van der Waals surface area contributed by atoms with Crippen LogP contribution in [0, 0.1) is 11.3 Å². The molecular weight excluding hydrogens is 331 g/mol. The molecule has 2 aromatic carbocycles. The molecule has 3 nitrogen and oxygen atoms in total. The largest absolute Gasteiger partial charge is 0.309 e. The highest BCUT2D eigenvalue weighted by Crippen LogP contribution is 2.57. The van der Waals surface area contributed by atoms with Crippen LogP contribution in [0.4, 0.5) is 0 Å². The van der Waals surface area contributed by atoms with Gasteiger partial charge >= 0.3 is 0 Å². The summed E-state index contributed by atoms with van der Waals surface area (Å²) in [4.78, 5) is 14.7. The standard InChI is InChI=1S/C18H12Cl2N2O/c19-12-6-7-13(20)16-15(12)14(10-21)22(17(16)23)18(8-9-18)11-4-2-1-3-5-11/h1-7,14H,8-9H2. The summed E-state index contributed by atoms with van der Waals surface area (Å²) in [5, 5.41) is 10.5. The van der Waals surface area contributed by atoms with Crippen molar-refractivity contribution in [1.82, 2.24) is 4.90 Å². The van der Waals surface area contributed by atoms with E-state index in [0.29, 0.717) is 21.2 Å². The van der Waals surface area contributed by atoms with Gasteiger partial charge in [-0.05, 0) is 30.5 Å². The van der Waals surface area contributed by atoms with Gasteiger partial charge < -0.3 is 4.90 Å². The number of nitrogens with zero attached hydrogens (tertiary/aromatic N) is 2. The lowest BCUT2D eigenvalue weighted by Crippen LogP contribution is -2.38. The maximum atomic E-state index is 13.0. The molecule has 1 aliphatic heterocycles. The van der Waals surface area contributed by atoms with Gasteiger partial charge in [0.05, 0.1) is 22.2 Å². The van der Waals surface area contributed by atoms with E-state index in [1.807, 2.05) is 30.3 Å². The molecule has 1 unspecified atom stereocenters. The van der Waals surface area contributed by atoms with Crippen molar-refractivity contribution in [3.05, 3.63) is 69.2 Å². The molecule has 23 heavy (non-hydrogen) atoms. The molecule has 1 aliphatic carbocycles. The van der Waals surface area contributed by atoms with E-state index in [-0.39, 0.29) is 5.91 Å². The van der Waals surface area contributed by atoms with Gasteiger partial charge in [-0.25, -0.2) is 0 Å². The molecule has 2 aliphatic rings. The molecule has 0 bridgehead atoms. The summed E-state index contributed by atoms with van der Waals surface area (Å²) in [5.41, 5.74) is 1.53. The monoisotopic (exact) mass is 342 g/mol. The summed E-state index contributed by atoms with van der Waals surface area (Å²) in [7, 11) is 0. The second kappa shape index (κ2) is 4.99. The Kier molecular flexibility index (Phi) is 3.16. The van der Waals surface area contributed by atoms with Crippen LogP contribution in [0.2, 0.25) is 10.0 Å². The van der Waals surface area contributed by atoms with Crippen LogP contribution in [-0.2, 0) is 5.54 Å². The molecule has 0 radical (unpaired) electrons. The summed E-state index contributed by atoms with van der Waals surface area (Å²) in [6.07, 6.45) is 1.67. The van der Waals surface area contributed by atoms with Crippen LogP contribution < -0.4 is 0 Å². The Morgan fingerprint density at radius 1 is 1.09 bits per heavy atom. The molecule has 0 saturated heterocycles. The molecule has 114 valence electrons. The lowest BCUT2D eigenvalue weighted by molar-refractivity contribution is 0.0636. The summed E-state index contributed by atoms with van der Waals surface area (Å²) >= 11 is 12.5. The average molecular weight is 343 g/mol. The molecule has 0 aromatic heterocycles. The number of halogens is 2. The molecule has 0 N–H and O–H groups in total. The van der Waals surface area contributed by atoms with Crippen molar-refractivity contribution >= 4 is 29.1 Å². The fourth-order valence-electron chi connectivity index (χ4n) is 3.52. The predicted molar refractivity (Wildman–Crippen MR) is 88.3 cm³/mol. The minimum absolute atomic E-state index is 0.208. The van der Waals surface area contributed by atoms with E-state index < -0.39 is 11.6 Å². The van der Waals surface area contributed by atoms with Crippen molar-refractivity contribution in [2.24, 2.45) is 0 Å². The highest BCUT2D eigenvalue weighted by atomic mass is 35.5. The fourth-order valence-corrected chi connectivity index (χ4v) is 4.02. The van der Waals surface area contributed by atoms with E-state index in [1.165, 1.54) is 0 Å². The molecule has 2 aromatic rings. The van der Waals surface area contributed by atoms with Gasteiger partial charge in [0.15, 0.2) is 0 Å². The van der Waals surface area contributed by atoms with Gasteiger partial charge in [-0.3, -0.25) is 4.79 Å². The van der Waals surface area contributed by atoms with Gasteiger partial charge in [-0.15, -0.1) is 0 Å². The Hall–Kier alpha value is -2.02. The third-order valence-electron chi connectivity index (χ3n) is 4.72. The summed E-state index contributed by atoms with van der Waals surface area (Å²) < 4.78 is 0. The number of rotatable bonds is 2. The van der Waals surface area contributed by atoms with Crippen molar-refractivity contribution in [3.63, 3.8) is 0 Å². The molecule has 1 heterocycles. The first-order chi connectivity index (χ1) is 11.1. The van der Waals surface area contributed by atoms with E-state index in [1.54, 1.807) is 17.0 Å². The number of fused-ring (bicyclic) bond motifs is 1. The van der Waals surface area contributed by atoms with E-state index in [2.05, 4.69) is 6.07 Å². The molecular formula is C18H12Cl2N2O. The zero-order chi connectivity index (χ0) is 16.2. The summed E-state index contributed by atoms with van der Waals surface area (Å²) in [5.74, 6) is -0.208. The van der Waals surface area contributed by atoms with Crippen LogP contribution in [0.3, 0.4) is 0 Å². The predicted octanol–water partition coefficient (Wildman–Crippen LogP) is 4.70. The minimum Gasteiger partial charge on any atom is -0.309 e. The van der Waals surface area contributed by atoms with E-state index in [4.69, 9.17) is 23.2 Å². The lowest BCUT2D eigenvalue weighted by atomic mass is 10.0. The minimum atomic E-state index is -0.702. The van der Waals surface area contributed by atoms with Crippen LogP contribution in [0.15, 0.2) is 42.5 Å². The van der Waals surface area contributed by atoms with Gasteiger partial charge in [0.2, 0.25) is 0 Å². The Morgan fingerprint density at radius 2 is 1.74 bits per heavy atom. The third kappa shape index (κ3) is 1.92. The SMILES string of the molecule is N#CC1c2c(Cl)ccc(Cl)c2C(=O)N1C1(c2ccccc2)CC1. The topological polar surface area (TPSA) is 44.1 Å². The molecule has 1 atom stereocenters. The Morgan fingerprint density at radius 3 is 2.35 bits per heavy atom. The number of carbonyl (C=O) groups excluding carboxylic acids is 1. The maximum Gasteiger partial charge on any atom is 0.257 e. The van der Waals surface area contributed by atoms with Gasteiger partial charge in [0, 0.05) is 10.6 Å². The normalized spacial score (nSPS) is 21.0. The van der Waals surface area contributed by atoms with Crippen LogP contribution in [0.25, 0.3) is 0 Å². The van der Waals surface area contributed by atoms with Gasteiger partial charge in [0.1, 0.15) is 6.04 Å². The third-order valence-corrected chi connectivity index (χ3v) is 5.37. The Balaban J connectivity index is 1.89. The molecule has 0 spiro atoms. The Bertz CT molecular complexity index is 853. The number of carbonyl (C=O) groups is 1. The van der Waals surface area contributed by atoms with Gasteiger partial charge in [-0.1, -0.05) is 53.5 Å². The lowest BCUT2D eigenvalue weighted by Gasteiger charge is -2.31. The average Bonchev–Trinajstić information content (AvgIpc) is 3.31. The number of hydrogen-bond acceptors (Lipinski definition) is 2. The van der Waals surface area contributed by atoms with Crippen molar-refractivity contribution < 1.29 is 4.79 Å². The summed E-state index contributed by atoms with van der Waals surface area (Å²) in [6.45, 7) is 0. The zero-order valence-electron chi connectivity index (χ0n) is 12.1. The molecule has 1 saturated carbocycles. The van der Waals surface area contributed by atoms with E-state index in [9.17, 15) is 10.1 Å². The first-order valence-electron chi connectivity index (χ1n) is 7.37. The number of nitriles is 1. The van der Waals surface area contributed by atoms with Crippen molar-refractivity contribution in [1.29, 1.82) is 5.26 Å². The second-order valence-corrected chi connectivity index (χ2v) is 6.74. The van der Waals surface area contributed by atoms with Crippen molar-refractivity contribution in [2.75, 3.05) is 0 Å². The van der Waals surface area contributed by atoms with Crippen LogP contribution in [0.1, 0.15) is 40.4 Å².